The molecule has 4 nitrogen and oxygen atoms in total. The van der Waals surface area contributed by atoms with Gasteiger partial charge in [-0.3, -0.25) is 9.59 Å². The minimum Gasteiger partial charge on any atom is -0.343 e. The topological polar surface area (TPSA) is 49.4 Å². The number of amides is 2. The maximum Gasteiger partial charge on any atom is 0.245 e. The first-order chi connectivity index (χ1) is 9.45. The summed E-state index contributed by atoms with van der Waals surface area (Å²) in [5.74, 6) is 0.261. The van der Waals surface area contributed by atoms with E-state index in [0.29, 0.717) is 23.9 Å². The third kappa shape index (κ3) is 3.73. The zero-order valence-electron chi connectivity index (χ0n) is 11.7. The van der Waals surface area contributed by atoms with Crippen LogP contribution in [0.25, 0.3) is 0 Å². The van der Waals surface area contributed by atoms with Crippen molar-refractivity contribution in [2.75, 3.05) is 6.54 Å². The van der Waals surface area contributed by atoms with Crippen molar-refractivity contribution in [1.82, 2.24) is 10.2 Å². The summed E-state index contributed by atoms with van der Waals surface area (Å²) in [5, 5.41) is 3.43. The SMILES string of the molecule is CC(C)CC1NC(=O)CN(Cc2ccc(Cl)cc2)C1=O. The number of carbonyl (C=O) groups excluding carboxylic acids is 2. The molecule has 0 spiro atoms. The van der Waals surface area contributed by atoms with Crippen molar-refractivity contribution in [2.24, 2.45) is 5.92 Å². The second-order valence-corrected chi connectivity index (χ2v) is 6.01. The van der Waals surface area contributed by atoms with E-state index in [-0.39, 0.29) is 18.4 Å². The van der Waals surface area contributed by atoms with E-state index in [9.17, 15) is 9.59 Å². The second-order valence-electron chi connectivity index (χ2n) is 5.57. The van der Waals surface area contributed by atoms with Gasteiger partial charge < -0.3 is 10.2 Å². The minimum absolute atomic E-state index is 0.00625. The van der Waals surface area contributed by atoms with Gasteiger partial charge in [0.2, 0.25) is 11.8 Å². The Morgan fingerprint density at radius 2 is 1.95 bits per heavy atom. The largest absolute Gasteiger partial charge is 0.343 e. The molecule has 0 aromatic heterocycles. The Balaban J connectivity index is 2.07. The van der Waals surface area contributed by atoms with E-state index >= 15 is 0 Å². The number of carbonyl (C=O) groups is 2. The number of hydrogen-bond donors (Lipinski definition) is 1. The monoisotopic (exact) mass is 294 g/mol. The Morgan fingerprint density at radius 3 is 2.55 bits per heavy atom. The fourth-order valence-electron chi connectivity index (χ4n) is 2.35. The Kier molecular flexibility index (Phi) is 4.65. The third-order valence-corrected chi connectivity index (χ3v) is 3.53. The summed E-state index contributed by atoms with van der Waals surface area (Å²) in [4.78, 5) is 25.7. The summed E-state index contributed by atoms with van der Waals surface area (Å²) < 4.78 is 0. The van der Waals surface area contributed by atoms with E-state index in [1.54, 1.807) is 17.0 Å². The minimum atomic E-state index is -0.399. The highest BCUT2D eigenvalue weighted by atomic mass is 35.5. The van der Waals surface area contributed by atoms with Gasteiger partial charge in [-0.05, 0) is 30.0 Å². The molecule has 5 heteroatoms. The van der Waals surface area contributed by atoms with Crippen molar-refractivity contribution in [2.45, 2.75) is 32.9 Å². The second kappa shape index (κ2) is 6.27. The van der Waals surface area contributed by atoms with Gasteiger partial charge in [-0.2, -0.15) is 0 Å². The molecule has 1 atom stereocenters. The van der Waals surface area contributed by atoms with Crippen molar-refractivity contribution in [3.8, 4) is 0 Å². The molecule has 0 saturated carbocycles. The first kappa shape index (κ1) is 14.9. The maximum atomic E-state index is 12.4. The van der Waals surface area contributed by atoms with E-state index < -0.39 is 6.04 Å². The summed E-state index contributed by atoms with van der Waals surface area (Å²) in [7, 11) is 0. The number of halogens is 1. The number of rotatable bonds is 4. The summed E-state index contributed by atoms with van der Waals surface area (Å²) in [6, 6.07) is 6.93. The van der Waals surface area contributed by atoms with Crippen LogP contribution in [0.4, 0.5) is 0 Å². The molecule has 1 aromatic rings. The predicted molar refractivity (Wildman–Crippen MR) is 78.3 cm³/mol. The van der Waals surface area contributed by atoms with E-state index in [0.717, 1.165) is 5.56 Å². The molecule has 0 aliphatic carbocycles. The molecule has 1 aliphatic heterocycles. The van der Waals surface area contributed by atoms with Gasteiger partial charge in [0.15, 0.2) is 0 Å². The number of nitrogens with zero attached hydrogens (tertiary/aromatic N) is 1. The number of piperazine rings is 1. The molecule has 1 aromatic carbocycles. The van der Waals surface area contributed by atoms with Gasteiger partial charge in [-0.25, -0.2) is 0 Å². The predicted octanol–water partition coefficient (Wildman–Crippen LogP) is 2.21. The number of hydrogen-bond acceptors (Lipinski definition) is 2. The highest BCUT2D eigenvalue weighted by Crippen LogP contribution is 2.16. The van der Waals surface area contributed by atoms with Gasteiger partial charge in [0, 0.05) is 11.6 Å². The summed E-state index contributed by atoms with van der Waals surface area (Å²) in [6.07, 6.45) is 0.668. The highest BCUT2D eigenvalue weighted by Gasteiger charge is 2.32. The highest BCUT2D eigenvalue weighted by molar-refractivity contribution is 6.30. The average Bonchev–Trinajstić information content (AvgIpc) is 2.37. The van der Waals surface area contributed by atoms with Crippen molar-refractivity contribution < 1.29 is 9.59 Å². The van der Waals surface area contributed by atoms with Crippen LogP contribution in [0.2, 0.25) is 5.02 Å². The normalized spacial score (nSPS) is 19.4. The van der Waals surface area contributed by atoms with Crippen LogP contribution in [0.15, 0.2) is 24.3 Å². The van der Waals surface area contributed by atoms with E-state index in [1.807, 2.05) is 26.0 Å². The lowest BCUT2D eigenvalue weighted by Gasteiger charge is -2.33. The molecular weight excluding hydrogens is 276 g/mol. The number of benzene rings is 1. The fraction of sp³-hybridized carbons (Fsp3) is 0.467. The van der Waals surface area contributed by atoms with Gasteiger partial charge in [0.25, 0.3) is 0 Å². The third-order valence-electron chi connectivity index (χ3n) is 3.27. The molecule has 1 unspecified atom stereocenters. The molecular formula is C15H19ClN2O2. The smallest absolute Gasteiger partial charge is 0.245 e. The molecule has 2 rings (SSSR count). The van der Waals surface area contributed by atoms with Gasteiger partial charge >= 0.3 is 0 Å². The molecule has 1 saturated heterocycles. The molecule has 1 N–H and O–H groups in total. The lowest BCUT2D eigenvalue weighted by atomic mass is 10.0. The molecule has 0 bridgehead atoms. The van der Waals surface area contributed by atoms with E-state index in [2.05, 4.69) is 5.32 Å². The van der Waals surface area contributed by atoms with E-state index in [4.69, 9.17) is 11.6 Å². The molecule has 1 heterocycles. The molecule has 0 radical (unpaired) electrons. The molecule has 1 aliphatic rings. The van der Waals surface area contributed by atoms with Gasteiger partial charge in [0.05, 0.1) is 6.54 Å². The Bertz CT molecular complexity index is 499. The first-order valence-corrected chi connectivity index (χ1v) is 7.16. The molecule has 1 fully saturated rings. The van der Waals surface area contributed by atoms with E-state index in [1.165, 1.54) is 0 Å². The molecule has 20 heavy (non-hydrogen) atoms. The summed E-state index contributed by atoms with van der Waals surface area (Å²) in [6.45, 7) is 4.64. The lowest BCUT2D eigenvalue weighted by Crippen LogP contribution is -2.57. The van der Waals surface area contributed by atoms with Crippen LogP contribution in [-0.4, -0.2) is 29.3 Å². The number of nitrogens with one attached hydrogen (secondary N) is 1. The van der Waals surface area contributed by atoms with Crippen LogP contribution < -0.4 is 5.32 Å². The van der Waals surface area contributed by atoms with Crippen molar-refractivity contribution >= 4 is 23.4 Å². The van der Waals surface area contributed by atoms with Crippen LogP contribution in [0.1, 0.15) is 25.8 Å². The lowest BCUT2D eigenvalue weighted by molar-refractivity contribution is -0.145. The van der Waals surface area contributed by atoms with Gasteiger partial charge in [-0.15, -0.1) is 0 Å². The van der Waals surface area contributed by atoms with Crippen LogP contribution >= 0.6 is 11.6 Å². The summed E-state index contributed by atoms with van der Waals surface area (Å²) in [5.41, 5.74) is 0.973. The van der Waals surface area contributed by atoms with Crippen LogP contribution in [0, 0.1) is 5.92 Å². The Labute approximate surface area is 124 Å². The quantitative estimate of drug-likeness (QED) is 0.925. The Hall–Kier alpha value is -1.55. The standard InChI is InChI=1S/C15H19ClN2O2/c1-10(2)7-13-15(20)18(9-14(19)17-13)8-11-3-5-12(16)6-4-11/h3-6,10,13H,7-9H2,1-2H3,(H,17,19). The zero-order valence-corrected chi connectivity index (χ0v) is 12.5. The van der Waals surface area contributed by atoms with Crippen LogP contribution in [0.5, 0.6) is 0 Å². The van der Waals surface area contributed by atoms with Crippen molar-refractivity contribution in [3.05, 3.63) is 34.9 Å². The van der Waals surface area contributed by atoms with Crippen LogP contribution in [-0.2, 0) is 16.1 Å². The Morgan fingerprint density at radius 1 is 1.30 bits per heavy atom. The van der Waals surface area contributed by atoms with Gasteiger partial charge in [0.1, 0.15) is 6.04 Å². The van der Waals surface area contributed by atoms with Gasteiger partial charge in [-0.1, -0.05) is 37.6 Å². The zero-order chi connectivity index (χ0) is 14.7. The fourth-order valence-corrected chi connectivity index (χ4v) is 2.47. The summed E-state index contributed by atoms with van der Waals surface area (Å²) >= 11 is 5.84. The maximum absolute atomic E-state index is 12.4. The van der Waals surface area contributed by atoms with Crippen molar-refractivity contribution in [1.29, 1.82) is 0 Å². The average molecular weight is 295 g/mol. The van der Waals surface area contributed by atoms with Crippen LogP contribution in [0.3, 0.4) is 0 Å². The molecule has 2 amide bonds. The van der Waals surface area contributed by atoms with Crippen molar-refractivity contribution in [3.63, 3.8) is 0 Å². The first-order valence-electron chi connectivity index (χ1n) is 6.78. The molecule has 108 valence electrons.